The number of halogens is 1. The summed E-state index contributed by atoms with van der Waals surface area (Å²) in [6.07, 6.45) is 0. The summed E-state index contributed by atoms with van der Waals surface area (Å²) in [5.41, 5.74) is 2.05. The van der Waals surface area contributed by atoms with E-state index < -0.39 is 0 Å². The lowest BCUT2D eigenvalue weighted by molar-refractivity contribution is 0.0733. The average Bonchev–Trinajstić information content (AvgIpc) is 2.84. The Kier molecular flexibility index (Phi) is 5.01. The van der Waals surface area contributed by atoms with E-state index >= 15 is 0 Å². The van der Waals surface area contributed by atoms with Gasteiger partial charge in [0.15, 0.2) is 5.69 Å². The highest BCUT2D eigenvalue weighted by molar-refractivity contribution is 9.10. The topological polar surface area (TPSA) is 63.1 Å². The molecule has 1 fully saturated rings. The van der Waals surface area contributed by atoms with E-state index in [-0.39, 0.29) is 11.9 Å². The van der Waals surface area contributed by atoms with E-state index in [1.807, 2.05) is 36.1 Å². The highest BCUT2D eigenvalue weighted by atomic mass is 79.9. The Morgan fingerprint density at radius 2 is 2.04 bits per heavy atom. The monoisotopic (exact) mass is 391 g/mol. The Hall–Kier alpha value is -1.73. The molecule has 6 nitrogen and oxygen atoms in total. The van der Waals surface area contributed by atoms with Crippen LogP contribution in [0.2, 0.25) is 0 Å². The third-order valence-electron chi connectivity index (χ3n) is 4.31. The highest BCUT2D eigenvalue weighted by Crippen LogP contribution is 2.22. The van der Waals surface area contributed by atoms with E-state index in [9.17, 15) is 4.79 Å². The lowest BCUT2D eigenvalue weighted by Gasteiger charge is -2.23. The molecule has 2 atom stereocenters. The number of hydrogen-bond donors (Lipinski definition) is 1. The minimum Gasteiger partial charge on any atom is -0.335 e. The fourth-order valence-corrected chi connectivity index (χ4v) is 3.46. The second-order valence-corrected chi connectivity index (χ2v) is 7.37. The molecule has 2 aromatic rings. The zero-order valence-electron chi connectivity index (χ0n) is 14.2. The molecule has 0 bridgehead atoms. The molecule has 1 amide bonds. The van der Waals surface area contributed by atoms with Gasteiger partial charge in [-0.05, 0) is 54.4 Å². The lowest BCUT2D eigenvalue weighted by Crippen LogP contribution is -2.39. The molecule has 7 heteroatoms. The van der Waals surface area contributed by atoms with Crippen LogP contribution in [0.4, 0.5) is 0 Å². The Morgan fingerprint density at radius 1 is 1.29 bits per heavy atom. The number of aromatic nitrogens is 3. The van der Waals surface area contributed by atoms with Crippen LogP contribution in [0.3, 0.4) is 0 Å². The molecule has 2 unspecified atom stereocenters. The van der Waals surface area contributed by atoms with Crippen LogP contribution in [0.5, 0.6) is 0 Å². The predicted octanol–water partition coefficient (Wildman–Crippen LogP) is 2.41. The van der Waals surface area contributed by atoms with Crippen LogP contribution in [-0.2, 0) is 0 Å². The van der Waals surface area contributed by atoms with Crippen molar-refractivity contribution in [3.05, 3.63) is 40.1 Å². The first-order chi connectivity index (χ1) is 11.5. The average molecular weight is 392 g/mol. The van der Waals surface area contributed by atoms with Crippen molar-refractivity contribution >= 4 is 21.8 Å². The fourth-order valence-electron chi connectivity index (χ4n) is 3.01. The molecular formula is C17H22BrN5O. The van der Waals surface area contributed by atoms with Gasteiger partial charge < -0.3 is 10.2 Å². The van der Waals surface area contributed by atoms with Gasteiger partial charge in [0.05, 0.1) is 11.4 Å². The molecular weight excluding hydrogens is 370 g/mol. The lowest BCUT2D eigenvalue weighted by atomic mass is 10.1. The smallest absolute Gasteiger partial charge is 0.276 e. The van der Waals surface area contributed by atoms with E-state index in [0.29, 0.717) is 18.2 Å². The maximum atomic E-state index is 13.0. The maximum absolute atomic E-state index is 13.0. The molecule has 1 saturated heterocycles. The molecule has 3 rings (SSSR count). The number of nitrogens with one attached hydrogen (secondary N) is 1. The van der Waals surface area contributed by atoms with Crippen molar-refractivity contribution in [3.8, 4) is 5.69 Å². The van der Waals surface area contributed by atoms with Crippen molar-refractivity contribution in [1.82, 2.24) is 25.2 Å². The number of amides is 1. The van der Waals surface area contributed by atoms with Gasteiger partial charge in [-0.3, -0.25) is 4.79 Å². The normalized spacial score (nSPS) is 21.6. The summed E-state index contributed by atoms with van der Waals surface area (Å²) in [5.74, 6) is 0.366. The van der Waals surface area contributed by atoms with Gasteiger partial charge in [0.25, 0.3) is 5.91 Å². The highest BCUT2D eigenvalue weighted by Gasteiger charge is 2.27. The van der Waals surface area contributed by atoms with E-state index in [4.69, 9.17) is 0 Å². The molecule has 0 aliphatic carbocycles. The van der Waals surface area contributed by atoms with Gasteiger partial charge in [0, 0.05) is 23.6 Å². The van der Waals surface area contributed by atoms with Crippen molar-refractivity contribution in [1.29, 1.82) is 0 Å². The molecule has 0 radical (unpaired) electrons. The number of carbonyl (C=O) groups excluding carboxylic acids is 1. The van der Waals surface area contributed by atoms with Crippen molar-refractivity contribution in [3.63, 3.8) is 0 Å². The molecule has 1 aromatic heterocycles. The van der Waals surface area contributed by atoms with Crippen LogP contribution in [-0.4, -0.2) is 51.5 Å². The van der Waals surface area contributed by atoms with Crippen LogP contribution in [0.1, 0.15) is 30.0 Å². The molecule has 1 aromatic carbocycles. The summed E-state index contributed by atoms with van der Waals surface area (Å²) in [7, 11) is 0. The Morgan fingerprint density at radius 3 is 2.79 bits per heavy atom. The van der Waals surface area contributed by atoms with E-state index in [2.05, 4.69) is 45.4 Å². The van der Waals surface area contributed by atoms with Crippen LogP contribution in [0.15, 0.2) is 28.7 Å². The number of rotatable bonds is 2. The SMILES string of the molecule is Cc1c(C(=O)N2CC(C)CNC(C)C2)nnn1-c1ccccc1Br. The largest absolute Gasteiger partial charge is 0.335 e. The number of para-hydroxylation sites is 1. The zero-order valence-corrected chi connectivity index (χ0v) is 15.7. The number of hydrogen-bond acceptors (Lipinski definition) is 4. The van der Waals surface area contributed by atoms with Crippen LogP contribution in [0, 0.1) is 12.8 Å². The molecule has 1 aliphatic rings. The van der Waals surface area contributed by atoms with Gasteiger partial charge in [0.2, 0.25) is 0 Å². The maximum Gasteiger partial charge on any atom is 0.276 e. The number of benzene rings is 1. The summed E-state index contributed by atoms with van der Waals surface area (Å²) in [5, 5.41) is 11.8. The van der Waals surface area contributed by atoms with Crippen molar-refractivity contribution in [2.75, 3.05) is 19.6 Å². The number of carbonyl (C=O) groups is 1. The summed E-state index contributed by atoms with van der Waals surface area (Å²) in [6.45, 7) is 8.48. The van der Waals surface area contributed by atoms with Crippen molar-refractivity contribution in [2.45, 2.75) is 26.8 Å². The molecule has 24 heavy (non-hydrogen) atoms. The first-order valence-electron chi connectivity index (χ1n) is 8.17. The van der Waals surface area contributed by atoms with Crippen molar-refractivity contribution < 1.29 is 4.79 Å². The summed E-state index contributed by atoms with van der Waals surface area (Å²) >= 11 is 3.52. The van der Waals surface area contributed by atoms with Crippen LogP contribution in [0.25, 0.3) is 5.69 Å². The fraction of sp³-hybridized carbons (Fsp3) is 0.471. The van der Waals surface area contributed by atoms with Gasteiger partial charge in [0.1, 0.15) is 0 Å². The molecule has 0 saturated carbocycles. The van der Waals surface area contributed by atoms with Gasteiger partial charge in [-0.25, -0.2) is 4.68 Å². The van der Waals surface area contributed by atoms with Gasteiger partial charge >= 0.3 is 0 Å². The van der Waals surface area contributed by atoms with Crippen LogP contribution < -0.4 is 5.32 Å². The Labute approximate surface area is 150 Å². The third-order valence-corrected chi connectivity index (χ3v) is 4.98. The number of nitrogens with zero attached hydrogens (tertiary/aromatic N) is 4. The van der Waals surface area contributed by atoms with Crippen molar-refractivity contribution in [2.24, 2.45) is 5.92 Å². The molecule has 1 aliphatic heterocycles. The predicted molar refractivity (Wildman–Crippen MR) is 96.3 cm³/mol. The Bertz CT molecular complexity index is 732. The molecule has 2 heterocycles. The minimum atomic E-state index is -0.0480. The van der Waals surface area contributed by atoms with E-state index in [0.717, 1.165) is 28.9 Å². The second kappa shape index (κ2) is 7.03. The van der Waals surface area contributed by atoms with E-state index in [1.54, 1.807) is 4.68 Å². The van der Waals surface area contributed by atoms with Gasteiger partial charge in [-0.1, -0.05) is 24.3 Å². The summed E-state index contributed by atoms with van der Waals surface area (Å²) in [4.78, 5) is 14.9. The van der Waals surface area contributed by atoms with Crippen LogP contribution >= 0.6 is 15.9 Å². The first-order valence-corrected chi connectivity index (χ1v) is 8.96. The van der Waals surface area contributed by atoms with E-state index in [1.165, 1.54) is 0 Å². The summed E-state index contributed by atoms with van der Waals surface area (Å²) < 4.78 is 2.62. The standard InChI is InChI=1S/C17H22BrN5O/c1-11-8-19-12(2)10-22(9-11)17(24)16-13(3)23(21-20-16)15-7-5-4-6-14(15)18/h4-7,11-12,19H,8-10H2,1-3H3. The minimum absolute atomic E-state index is 0.0480. The van der Waals surface area contributed by atoms with Gasteiger partial charge in [-0.2, -0.15) is 0 Å². The third kappa shape index (κ3) is 3.37. The molecule has 128 valence electrons. The summed E-state index contributed by atoms with van der Waals surface area (Å²) in [6, 6.07) is 8.05. The molecule has 0 spiro atoms. The quantitative estimate of drug-likeness (QED) is 0.853. The Balaban J connectivity index is 1.90. The first kappa shape index (κ1) is 17.1. The second-order valence-electron chi connectivity index (χ2n) is 6.51. The van der Waals surface area contributed by atoms with Gasteiger partial charge in [-0.15, -0.1) is 5.10 Å². The molecule has 1 N–H and O–H groups in total. The zero-order chi connectivity index (χ0) is 17.3.